The van der Waals surface area contributed by atoms with E-state index < -0.39 is 35.6 Å². The topological polar surface area (TPSA) is 29.5 Å². The molecule has 0 aliphatic carbocycles. The molecule has 0 unspecified atom stereocenters. The summed E-state index contributed by atoms with van der Waals surface area (Å²) in [5, 5.41) is 10.1. The molecule has 0 saturated heterocycles. The lowest BCUT2D eigenvalue weighted by molar-refractivity contribution is -0.0522. The van der Waals surface area contributed by atoms with Crippen LogP contribution in [0.4, 0.5) is 22.0 Å². The lowest BCUT2D eigenvalue weighted by atomic mass is 9.96. The number of alkyl halides is 2. The molecule has 0 fully saturated rings. The lowest BCUT2D eigenvalue weighted by Gasteiger charge is -2.13. The molecule has 2 nitrogen and oxygen atoms in total. The van der Waals surface area contributed by atoms with Crippen molar-refractivity contribution in [1.82, 2.24) is 0 Å². The highest BCUT2D eigenvalue weighted by Crippen LogP contribution is 2.36. The molecule has 0 aliphatic heterocycles. The molecule has 3 rings (SSSR count). The van der Waals surface area contributed by atoms with Crippen LogP contribution in [0.5, 0.6) is 11.5 Å². The van der Waals surface area contributed by atoms with Crippen LogP contribution < -0.4 is 4.74 Å². The monoisotopic (exact) mass is 422 g/mol. The second-order valence-corrected chi connectivity index (χ2v) is 6.74. The SMILES string of the molecule is CCc1ccc(-c2c(O)cc(F)c(CCc3ccc(OC(F)F)c(F)c3)c2F)cc1. The average Bonchev–Trinajstić information content (AvgIpc) is 2.69. The Kier molecular flexibility index (Phi) is 6.59. The lowest BCUT2D eigenvalue weighted by Crippen LogP contribution is -2.05. The first-order valence-electron chi connectivity index (χ1n) is 9.32. The number of benzene rings is 3. The van der Waals surface area contributed by atoms with E-state index in [1.54, 1.807) is 24.3 Å². The molecule has 0 saturated carbocycles. The molecule has 0 heterocycles. The van der Waals surface area contributed by atoms with E-state index in [1.807, 2.05) is 6.92 Å². The number of phenolic OH excluding ortho intramolecular Hbond substituents is 1. The maximum atomic E-state index is 15.1. The molecule has 0 spiro atoms. The predicted molar refractivity (Wildman–Crippen MR) is 103 cm³/mol. The van der Waals surface area contributed by atoms with Crippen molar-refractivity contribution in [3.8, 4) is 22.6 Å². The van der Waals surface area contributed by atoms with Gasteiger partial charge in [0.05, 0.1) is 5.56 Å². The molecule has 0 atom stereocenters. The van der Waals surface area contributed by atoms with Crippen molar-refractivity contribution in [2.45, 2.75) is 32.8 Å². The average molecular weight is 422 g/mol. The number of aryl methyl sites for hydroxylation is 2. The van der Waals surface area contributed by atoms with Gasteiger partial charge in [-0.3, -0.25) is 0 Å². The van der Waals surface area contributed by atoms with Crippen LogP contribution in [0.3, 0.4) is 0 Å². The van der Waals surface area contributed by atoms with E-state index in [4.69, 9.17) is 0 Å². The Morgan fingerprint density at radius 3 is 2.13 bits per heavy atom. The van der Waals surface area contributed by atoms with E-state index >= 15 is 4.39 Å². The summed E-state index contributed by atoms with van der Waals surface area (Å²) in [4.78, 5) is 0. The number of aromatic hydroxyl groups is 1. The zero-order valence-electron chi connectivity index (χ0n) is 16.1. The standard InChI is InChI=1S/C23H19F5O2/c1-2-13-3-7-15(8-4-13)21-19(29)12-17(24)16(22(21)26)9-5-14-6-10-20(18(25)11-14)30-23(27)28/h3-4,6-8,10-12,23,29H,2,5,9H2,1H3. The Morgan fingerprint density at radius 1 is 0.867 bits per heavy atom. The van der Waals surface area contributed by atoms with Gasteiger partial charge in [-0.2, -0.15) is 8.78 Å². The van der Waals surface area contributed by atoms with Crippen LogP contribution in [0, 0.1) is 17.5 Å². The maximum absolute atomic E-state index is 15.1. The minimum atomic E-state index is -3.16. The van der Waals surface area contributed by atoms with Gasteiger partial charge in [0, 0.05) is 11.6 Å². The van der Waals surface area contributed by atoms with Gasteiger partial charge in [0.1, 0.15) is 17.4 Å². The third kappa shape index (κ3) is 4.72. The van der Waals surface area contributed by atoms with E-state index in [2.05, 4.69) is 4.74 Å². The normalized spacial score (nSPS) is 11.2. The van der Waals surface area contributed by atoms with E-state index in [-0.39, 0.29) is 24.0 Å². The van der Waals surface area contributed by atoms with Gasteiger partial charge in [0.2, 0.25) is 0 Å². The van der Waals surface area contributed by atoms with E-state index in [0.717, 1.165) is 30.2 Å². The Bertz CT molecular complexity index is 1030. The molecule has 3 aromatic carbocycles. The first-order chi connectivity index (χ1) is 14.3. The second kappa shape index (κ2) is 9.15. The van der Waals surface area contributed by atoms with Gasteiger partial charge in [-0.25, -0.2) is 13.2 Å². The fourth-order valence-electron chi connectivity index (χ4n) is 3.22. The molecule has 30 heavy (non-hydrogen) atoms. The number of phenols is 1. The fourth-order valence-corrected chi connectivity index (χ4v) is 3.22. The molecule has 0 aliphatic rings. The van der Waals surface area contributed by atoms with Crippen LogP contribution in [0.2, 0.25) is 0 Å². The smallest absolute Gasteiger partial charge is 0.387 e. The molecule has 7 heteroatoms. The van der Waals surface area contributed by atoms with Gasteiger partial charge in [0.15, 0.2) is 11.6 Å². The second-order valence-electron chi connectivity index (χ2n) is 6.74. The van der Waals surface area contributed by atoms with Crippen LogP contribution in [0.15, 0.2) is 48.5 Å². The van der Waals surface area contributed by atoms with Crippen LogP contribution in [0.1, 0.15) is 23.6 Å². The van der Waals surface area contributed by atoms with Crippen molar-refractivity contribution in [3.63, 3.8) is 0 Å². The van der Waals surface area contributed by atoms with E-state index in [9.17, 15) is 22.7 Å². The summed E-state index contributed by atoms with van der Waals surface area (Å²) in [7, 11) is 0. The molecule has 0 amide bonds. The van der Waals surface area contributed by atoms with Gasteiger partial charge in [-0.15, -0.1) is 0 Å². The largest absolute Gasteiger partial charge is 0.507 e. The summed E-state index contributed by atoms with van der Waals surface area (Å²) in [6.07, 6.45) is 0.728. The first kappa shape index (κ1) is 21.6. The van der Waals surface area contributed by atoms with Crippen molar-refractivity contribution < 1.29 is 31.8 Å². The van der Waals surface area contributed by atoms with E-state index in [1.165, 1.54) is 6.07 Å². The number of hydrogen-bond donors (Lipinski definition) is 1. The van der Waals surface area contributed by atoms with Crippen LogP contribution in [0.25, 0.3) is 11.1 Å². The minimum absolute atomic E-state index is 0.0543. The fraction of sp³-hybridized carbons (Fsp3) is 0.217. The molecule has 1 N–H and O–H groups in total. The summed E-state index contributed by atoms with van der Waals surface area (Å²) in [6.45, 7) is -1.19. The van der Waals surface area contributed by atoms with Crippen molar-refractivity contribution in [3.05, 3.63) is 82.7 Å². The summed E-state index contributed by atoms with van der Waals surface area (Å²) in [6, 6.07) is 11.1. The highest BCUT2D eigenvalue weighted by atomic mass is 19.3. The quantitative estimate of drug-likeness (QED) is 0.445. The Balaban J connectivity index is 1.86. The summed E-state index contributed by atoms with van der Waals surface area (Å²) in [5.74, 6) is -3.92. The van der Waals surface area contributed by atoms with Crippen molar-refractivity contribution >= 4 is 0 Å². The van der Waals surface area contributed by atoms with Gasteiger partial charge in [-0.1, -0.05) is 37.3 Å². The van der Waals surface area contributed by atoms with Crippen molar-refractivity contribution in [2.24, 2.45) is 0 Å². The van der Waals surface area contributed by atoms with Gasteiger partial charge >= 0.3 is 6.61 Å². The number of ether oxygens (including phenoxy) is 1. The van der Waals surface area contributed by atoms with Crippen LogP contribution in [-0.2, 0) is 19.3 Å². The van der Waals surface area contributed by atoms with E-state index in [0.29, 0.717) is 11.1 Å². The molecule has 158 valence electrons. The molecule has 0 radical (unpaired) electrons. The van der Waals surface area contributed by atoms with Crippen LogP contribution in [-0.4, -0.2) is 11.7 Å². The molecule has 0 aromatic heterocycles. The zero-order chi connectivity index (χ0) is 21.8. The number of hydrogen-bond acceptors (Lipinski definition) is 2. The van der Waals surface area contributed by atoms with Crippen molar-refractivity contribution in [2.75, 3.05) is 0 Å². The third-order valence-corrected chi connectivity index (χ3v) is 4.82. The molecule has 3 aromatic rings. The highest BCUT2D eigenvalue weighted by molar-refractivity contribution is 5.72. The van der Waals surface area contributed by atoms with Gasteiger partial charge in [0.25, 0.3) is 0 Å². The maximum Gasteiger partial charge on any atom is 0.387 e. The third-order valence-electron chi connectivity index (χ3n) is 4.82. The molecular weight excluding hydrogens is 403 g/mol. The Labute approximate surface area is 170 Å². The Hall–Kier alpha value is -3.09. The predicted octanol–water partition coefficient (Wildman–Crippen LogP) is 6.43. The summed E-state index contributed by atoms with van der Waals surface area (Å²) in [5.41, 5.74) is 1.43. The van der Waals surface area contributed by atoms with Crippen LogP contribution >= 0.6 is 0 Å². The summed E-state index contributed by atoms with van der Waals surface area (Å²) >= 11 is 0. The highest BCUT2D eigenvalue weighted by Gasteiger charge is 2.20. The van der Waals surface area contributed by atoms with Crippen molar-refractivity contribution in [1.29, 1.82) is 0 Å². The molecule has 0 bridgehead atoms. The van der Waals surface area contributed by atoms with Gasteiger partial charge < -0.3 is 9.84 Å². The molecular formula is C23H19F5O2. The summed E-state index contributed by atoms with van der Waals surface area (Å²) < 4.78 is 71.7. The minimum Gasteiger partial charge on any atom is -0.507 e. The first-order valence-corrected chi connectivity index (χ1v) is 9.32. The van der Waals surface area contributed by atoms with Gasteiger partial charge in [-0.05, 0) is 48.1 Å². The Morgan fingerprint density at radius 2 is 1.53 bits per heavy atom. The zero-order valence-corrected chi connectivity index (χ0v) is 16.1. The number of halogens is 5. The number of rotatable bonds is 7.